The van der Waals surface area contributed by atoms with Gasteiger partial charge in [-0.2, -0.15) is 28.1 Å². The van der Waals surface area contributed by atoms with E-state index < -0.39 is 18.8 Å². The molecule has 0 unspecified atom stereocenters. The number of alkyl halides is 3. The van der Waals surface area contributed by atoms with Crippen molar-refractivity contribution in [3.8, 4) is 6.01 Å². The summed E-state index contributed by atoms with van der Waals surface area (Å²) in [6, 6.07) is 14.4. The van der Waals surface area contributed by atoms with Crippen molar-refractivity contribution in [2.24, 2.45) is 10.8 Å². The molecular formula is C30H34F3N7O3. The van der Waals surface area contributed by atoms with E-state index in [1.54, 1.807) is 24.3 Å². The number of aromatic nitrogens is 3. The van der Waals surface area contributed by atoms with Crippen LogP contribution < -0.4 is 26.0 Å². The van der Waals surface area contributed by atoms with Crippen LogP contribution in [0.3, 0.4) is 0 Å². The molecule has 1 saturated carbocycles. The van der Waals surface area contributed by atoms with Crippen LogP contribution >= 0.6 is 0 Å². The van der Waals surface area contributed by atoms with E-state index in [4.69, 9.17) is 9.47 Å². The molecule has 1 aromatic heterocycles. The molecule has 1 aliphatic carbocycles. The number of rotatable bonds is 2. The predicted octanol–water partition coefficient (Wildman–Crippen LogP) is 4.23. The summed E-state index contributed by atoms with van der Waals surface area (Å²) in [6.45, 7) is 2.60. The lowest BCUT2D eigenvalue weighted by Crippen LogP contribution is -2.51. The van der Waals surface area contributed by atoms with Gasteiger partial charge in [0.2, 0.25) is 11.9 Å². The first-order chi connectivity index (χ1) is 20.7. The molecule has 4 N–H and O–H groups in total. The van der Waals surface area contributed by atoms with Crippen LogP contribution in [0.2, 0.25) is 0 Å². The first kappa shape index (κ1) is 29.1. The molecule has 2 aromatic carbocycles. The number of carbonyl (C=O) groups excluding carboxylic acids is 1. The molecule has 6 heterocycles. The average Bonchev–Trinajstić information content (AvgIpc) is 3.74. The van der Waals surface area contributed by atoms with Gasteiger partial charge in [-0.05, 0) is 61.1 Å². The molecule has 2 fully saturated rings. The van der Waals surface area contributed by atoms with Crippen molar-refractivity contribution in [3.05, 3.63) is 65.2 Å². The van der Waals surface area contributed by atoms with Crippen molar-refractivity contribution in [2.45, 2.75) is 38.4 Å². The summed E-state index contributed by atoms with van der Waals surface area (Å²) in [5.74, 6) is -0.122. The molecule has 5 aliphatic heterocycles. The third-order valence-corrected chi connectivity index (χ3v) is 8.20. The predicted molar refractivity (Wildman–Crippen MR) is 153 cm³/mol. The number of benzene rings is 2. The maximum absolute atomic E-state index is 12.9. The molecule has 6 bridgehead atoms. The average molecular weight is 598 g/mol. The van der Waals surface area contributed by atoms with Gasteiger partial charge in [-0.3, -0.25) is 4.79 Å². The lowest BCUT2D eigenvalue weighted by molar-refractivity contribution is -0.154. The van der Waals surface area contributed by atoms with E-state index in [9.17, 15) is 18.0 Å². The Bertz CT molecular complexity index is 1430. The minimum Gasteiger partial charge on any atom is -0.454 e. The minimum absolute atomic E-state index is 0.00578. The summed E-state index contributed by atoms with van der Waals surface area (Å²) in [4.78, 5) is 25.2. The van der Waals surface area contributed by atoms with Gasteiger partial charge < -0.3 is 30.7 Å². The van der Waals surface area contributed by atoms with Gasteiger partial charge in [0.1, 0.15) is 0 Å². The third kappa shape index (κ3) is 7.71. The SMILES string of the molecule is O=C1NCC2(CC2)CNCC2(CCc3ccc(cc3)CNc3nc(nc(OCC(F)(F)F)n3)Nc3ccc1cc3)COC2. The van der Waals surface area contributed by atoms with Crippen molar-refractivity contribution in [1.82, 2.24) is 25.6 Å². The Morgan fingerprint density at radius 3 is 2.19 bits per heavy atom. The normalized spacial score (nSPS) is 19.9. The van der Waals surface area contributed by atoms with Crippen molar-refractivity contribution in [3.63, 3.8) is 0 Å². The molecule has 0 atom stereocenters. The number of ether oxygens (including phenoxy) is 2. The van der Waals surface area contributed by atoms with Crippen molar-refractivity contribution in [2.75, 3.05) is 50.1 Å². The zero-order valence-corrected chi connectivity index (χ0v) is 23.6. The molecule has 1 amide bonds. The topological polar surface area (TPSA) is 122 Å². The number of hydrogen-bond acceptors (Lipinski definition) is 9. The number of nitrogens with zero attached hydrogens (tertiary/aromatic N) is 3. The maximum atomic E-state index is 12.9. The Morgan fingerprint density at radius 1 is 0.814 bits per heavy atom. The Labute approximate surface area is 247 Å². The molecule has 10 nitrogen and oxygen atoms in total. The van der Waals surface area contributed by atoms with Crippen LogP contribution in [0.4, 0.5) is 30.8 Å². The van der Waals surface area contributed by atoms with Gasteiger partial charge in [0, 0.05) is 48.3 Å². The molecule has 3 aromatic rings. The van der Waals surface area contributed by atoms with Gasteiger partial charge in [-0.1, -0.05) is 24.3 Å². The Hall–Kier alpha value is -3.97. The molecule has 0 radical (unpaired) electrons. The Kier molecular flexibility index (Phi) is 8.10. The van der Waals surface area contributed by atoms with E-state index in [-0.39, 0.29) is 28.6 Å². The fourth-order valence-electron chi connectivity index (χ4n) is 5.23. The minimum atomic E-state index is -4.55. The summed E-state index contributed by atoms with van der Waals surface area (Å²) in [5, 5.41) is 12.8. The maximum Gasteiger partial charge on any atom is 0.422 e. The van der Waals surface area contributed by atoms with Crippen molar-refractivity contribution < 1.29 is 27.4 Å². The van der Waals surface area contributed by atoms with Crippen LogP contribution in [0, 0.1) is 10.8 Å². The summed E-state index contributed by atoms with van der Waals surface area (Å²) in [7, 11) is 0. The third-order valence-electron chi connectivity index (χ3n) is 8.20. The second-order valence-electron chi connectivity index (χ2n) is 11.8. The number of anilines is 3. The number of amides is 1. The number of carbonyl (C=O) groups is 1. The fraction of sp³-hybridized carbons (Fsp3) is 0.467. The largest absolute Gasteiger partial charge is 0.454 e. The van der Waals surface area contributed by atoms with Gasteiger partial charge in [-0.15, -0.1) is 0 Å². The first-order valence-electron chi connectivity index (χ1n) is 14.4. The number of hydrogen-bond donors (Lipinski definition) is 4. The van der Waals surface area contributed by atoms with Crippen molar-refractivity contribution in [1.29, 1.82) is 0 Å². The molecule has 6 aliphatic rings. The summed E-state index contributed by atoms with van der Waals surface area (Å²) in [6.07, 6.45) is -0.502. The lowest BCUT2D eigenvalue weighted by atomic mass is 9.80. The Balaban J connectivity index is 1.23. The molecule has 2 spiro atoms. The van der Waals surface area contributed by atoms with Crippen LogP contribution in [-0.4, -0.2) is 66.5 Å². The molecule has 228 valence electrons. The quantitative estimate of drug-likeness (QED) is 0.344. The van der Waals surface area contributed by atoms with Crippen LogP contribution in [-0.2, 0) is 17.7 Å². The number of halogens is 3. The standard InChI is InChI=1S/C30H34F3N7O3/c31-30(32,33)19-43-27-39-25-35-13-21-3-1-20(2-4-21)9-10-29(17-42-18-29)15-34-14-28(11-12-28)16-36-24(41)22-5-7-23(8-6-22)37-26(38-25)40-27/h1-8,34H,9-19H2,(H,36,41)(H2,35,37,38,39,40). The monoisotopic (exact) mass is 597 g/mol. The van der Waals surface area contributed by atoms with Crippen molar-refractivity contribution >= 4 is 23.5 Å². The highest BCUT2D eigenvalue weighted by Crippen LogP contribution is 2.44. The zero-order chi connectivity index (χ0) is 29.9. The second kappa shape index (κ2) is 12.0. The van der Waals surface area contributed by atoms with Crippen LogP contribution in [0.15, 0.2) is 48.5 Å². The Morgan fingerprint density at radius 2 is 1.51 bits per heavy atom. The van der Waals surface area contributed by atoms with Gasteiger partial charge >= 0.3 is 12.2 Å². The molecule has 13 heteroatoms. The van der Waals surface area contributed by atoms with Gasteiger partial charge in [-0.25, -0.2) is 0 Å². The van der Waals surface area contributed by atoms with E-state index in [0.717, 1.165) is 57.6 Å². The molecule has 9 rings (SSSR count). The molecule has 1 saturated heterocycles. The highest BCUT2D eigenvalue weighted by molar-refractivity contribution is 5.94. The first-order valence-corrected chi connectivity index (χ1v) is 14.4. The van der Waals surface area contributed by atoms with Gasteiger partial charge in [0.05, 0.1) is 13.2 Å². The van der Waals surface area contributed by atoms with Crippen LogP contribution in [0.25, 0.3) is 0 Å². The van der Waals surface area contributed by atoms with E-state index in [0.29, 0.717) is 24.3 Å². The highest BCUT2D eigenvalue weighted by atomic mass is 19.4. The smallest absolute Gasteiger partial charge is 0.422 e. The van der Waals surface area contributed by atoms with Crippen LogP contribution in [0.5, 0.6) is 6.01 Å². The second-order valence-corrected chi connectivity index (χ2v) is 11.8. The van der Waals surface area contributed by atoms with Gasteiger partial charge in [0.25, 0.3) is 5.91 Å². The van der Waals surface area contributed by atoms with E-state index >= 15 is 0 Å². The number of aryl methyl sites for hydroxylation is 1. The fourth-order valence-corrected chi connectivity index (χ4v) is 5.23. The zero-order valence-electron chi connectivity index (χ0n) is 23.6. The summed E-state index contributed by atoms with van der Waals surface area (Å²) >= 11 is 0. The van der Waals surface area contributed by atoms with E-state index in [1.807, 2.05) is 12.1 Å². The van der Waals surface area contributed by atoms with E-state index in [2.05, 4.69) is 48.4 Å². The molecular weight excluding hydrogens is 563 g/mol. The van der Waals surface area contributed by atoms with Gasteiger partial charge in [0.15, 0.2) is 6.61 Å². The van der Waals surface area contributed by atoms with E-state index in [1.165, 1.54) is 5.56 Å². The summed E-state index contributed by atoms with van der Waals surface area (Å²) < 4.78 is 48.9. The summed E-state index contributed by atoms with van der Waals surface area (Å²) in [5.41, 5.74) is 3.38. The number of nitrogens with one attached hydrogen (secondary N) is 4. The van der Waals surface area contributed by atoms with Crippen LogP contribution in [0.1, 0.15) is 40.7 Å². The highest BCUT2D eigenvalue weighted by Gasteiger charge is 2.44. The lowest BCUT2D eigenvalue weighted by Gasteiger charge is -2.42. The molecule has 43 heavy (non-hydrogen) atoms.